The van der Waals surface area contributed by atoms with Gasteiger partial charge in [0.1, 0.15) is 24.3 Å². The highest BCUT2D eigenvalue weighted by Gasteiger charge is 2.47. The number of carbonyl (C=O) groups is 3. The fraction of sp³-hybridized carbons (Fsp3) is 0.455. The van der Waals surface area contributed by atoms with Crippen molar-refractivity contribution < 1.29 is 23.5 Å². The predicted octanol–water partition coefficient (Wildman–Crippen LogP) is 2.99. The largest absolute Gasteiger partial charge is 0.459 e. The number of esters is 1. The van der Waals surface area contributed by atoms with E-state index < -0.39 is 35.6 Å². The Morgan fingerprint density at radius 2 is 1.93 bits per heavy atom. The number of nitrogens with one attached hydrogen (secondary N) is 1. The van der Waals surface area contributed by atoms with Gasteiger partial charge in [0.2, 0.25) is 0 Å². The number of hydrogen-bond donors (Lipinski definition) is 1. The molecular weight excluding hydrogens is 388 g/mol. The van der Waals surface area contributed by atoms with Gasteiger partial charge >= 0.3 is 17.6 Å². The monoisotopic (exact) mass is 414 g/mol. The second kappa shape index (κ2) is 7.93. The third-order valence-corrected chi connectivity index (χ3v) is 5.57. The molecule has 1 aliphatic rings. The number of rotatable bonds is 6. The molecular formula is C22H26N2O6. The van der Waals surface area contributed by atoms with E-state index in [4.69, 9.17) is 9.15 Å². The normalized spacial score (nSPS) is 18.9. The third-order valence-electron chi connectivity index (χ3n) is 5.57. The van der Waals surface area contributed by atoms with Gasteiger partial charge in [-0.05, 0) is 49.4 Å². The summed E-state index contributed by atoms with van der Waals surface area (Å²) in [7, 11) is 0. The quantitative estimate of drug-likeness (QED) is 0.442. The van der Waals surface area contributed by atoms with Crippen LogP contribution in [0.15, 0.2) is 27.4 Å². The van der Waals surface area contributed by atoms with Crippen molar-refractivity contribution in [1.82, 2.24) is 10.2 Å². The molecule has 0 bridgehead atoms. The Morgan fingerprint density at radius 1 is 1.23 bits per heavy atom. The van der Waals surface area contributed by atoms with E-state index in [1.807, 2.05) is 13.0 Å². The molecule has 8 heteroatoms. The average Bonchev–Trinajstić information content (AvgIpc) is 2.88. The topological polar surface area (TPSA) is 106 Å². The molecule has 2 heterocycles. The van der Waals surface area contributed by atoms with Gasteiger partial charge in [-0.2, -0.15) is 0 Å². The van der Waals surface area contributed by atoms with E-state index in [2.05, 4.69) is 19.2 Å². The van der Waals surface area contributed by atoms with Gasteiger partial charge in [-0.25, -0.2) is 9.59 Å². The Labute approximate surface area is 174 Å². The number of benzene rings is 1. The number of urea groups is 1. The van der Waals surface area contributed by atoms with Crippen LogP contribution >= 0.6 is 0 Å². The van der Waals surface area contributed by atoms with Crippen LogP contribution in [0.1, 0.15) is 56.7 Å². The van der Waals surface area contributed by atoms with E-state index in [1.165, 1.54) is 6.07 Å². The second-order valence-electron chi connectivity index (χ2n) is 8.12. The van der Waals surface area contributed by atoms with Crippen LogP contribution in [-0.2, 0) is 20.9 Å². The van der Waals surface area contributed by atoms with Crippen molar-refractivity contribution in [3.63, 3.8) is 0 Å². The number of imide groups is 1. The van der Waals surface area contributed by atoms with Gasteiger partial charge in [-0.3, -0.25) is 14.5 Å². The van der Waals surface area contributed by atoms with Crippen molar-refractivity contribution in [3.05, 3.63) is 45.3 Å². The van der Waals surface area contributed by atoms with Crippen LogP contribution in [0.4, 0.5) is 4.79 Å². The summed E-state index contributed by atoms with van der Waals surface area (Å²) in [6.45, 7) is 8.81. The zero-order valence-corrected chi connectivity index (χ0v) is 17.8. The summed E-state index contributed by atoms with van der Waals surface area (Å²) in [4.78, 5) is 49.6. The first kappa shape index (κ1) is 21.5. The molecule has 1 aliphatic heterocycles. The smallest absolute Gasteiger partial charge is 0.336 e. The number of amides is 3. The molecule has 30 heavy (non-hydrogen) atoms. The summed E-state index contributed by atoms with van der Waals surface area (Å²) in [5, 5.41) is 3.27. The summed E-state index contributed by atoms with van der Waals surface area (Å²) in [6.07, 6.45) is 0.409. The number of carbonyl (C=O) groups excluding carboxylic acids is 3. The molecule has 3 amide bonds. The SMILES string of the molecule is CC[C@@]1(C)NC(=O)N(CC(=O)OCc2cc(=O)oc3cc(C)c(C(C)C)cc23)C1=O. The molecule has 1 aromatic carbocycles. The average molecular weight is 414 g/mol. The van der Waals surface area contributed by atoms with Crippen LogP contribution in [0, 0.1) is 6.92 Å². The Kier molecular flexibility index (Phi) is 5.70. The molecule has 3 rings (SSSR count). The van der Waals surface area contributed by atoms with Gasteiger partial charge in [-0.1, -0.05) is 20.8 Å². The van der Waals surface area contributed by atoms with Crippen LogP contribution in [-0.4, -0.2) is 34.9 Å². The molecule has 0 radical (unpaired) electrons. The first-order chi connectivity index (χ1) is 14.1. The minimum atomic E-state index is -1.02. The van der Waals surface area contributed by atoms with E-state index in [-0.39, 0.29) is 12.5 Å². The van der Waals surface area contributed by atoms with Gasteiger partial charge in [0.05, 0.1) is 0 Å². The summed E-state index contributed by atoms with van der Waals surface area (Å²) in [6, 6.07) is 4.41. The van der Waals surface area contributed by atoms with E-state index in [9.17, 15) is 19.2 Å². The molecule has 1 aromatic heterocycles. The molecule has 0 spiro atoms. The van der Waals surface area contributed by atoms with E-state index in [1.54, 1.807) is 19.9 Å². The molecule has 1 fully saturated rings. The van der Waals surface area contributed by atoms with Crippen molar-refractivity contribution in [1.29, 1.82) is 0 Å². The van der Waals surface area contributed by atoms with Gasteiger partial charge in [0, 0.05) is 17.0 Å². The standard InChI is InChI=1S/C22H26N2O6/c1-6-22(5)20(27)24(21(28)23-22)10-19(26)29-11-14-8-18(25)30-17-7-13(4)15(12(2)3)9-16(14)17/h7-9,12H,6,10-11H2,1-5H3,(H,23,28)/t22-/m1/s1. The third kappa shape index (κ3) is 3.94. The molecule has 160 valence electrons. The van der Waals surface area contributed by atoms with Crippen LogP contribution < -0.4 is 10.9 Å². The minimum absolute atomic E-state index is 0.170. The Morgan fingerprint density at radius 3 is 2.53 bits per heavy atom. The van der Waals surface area contributed by atoms with Crippen LogP contribution in [0.3, 0.4) is 0 Å². The molecule has 0 saturated carbocycles. The molecule has 0 unspecified atom stereocenters. The fourth-order valence-corrected chi connectivity index (χ4v) is 3.60. The lowest BCUT2D eigenvalue weighted by Crippen LogP contribution is -2.43. The van der Waals surface area contributed by atoms with Gasteiger partial charge in [-0.15, -0.1) is 0 Å². The number of nitrogens with zero attached hydrogens (tertiary/aromatic N) is 1. The van der Waals surface area contributed by atoms with Crippen LogP contribution in [0.2, 0.25) is 0 Å². The van der Waals surface area contributed by atoms with Gasteiger partial charge in [0.25, 0.3) is 5.91 Å². The summed E-state index contributed by atoms with van der Waals surface area (Å²) >= 11 is 0. The highest BCUT2D eigenvalue weighted by molar-refractivity contribution is 6.08. The van der Waals surface area contributed by atoms with Gasteiger partial charge in [0.15, 0.2) is 0 Å². The number of aryl methyl sites for hydroxylation is 1. The second-order valence-corrected chi connectivity index (χ2v) is 8.12. The number of fused-ring (bicyclic) bond motifs is 1. The van der Waals surface area contributed by atoms with Crippen LogP contribution in [0.5, 0.6) is 0 Å². The summed E-state index contributed by atoms with van der Waals surface area (Å²) in [5.41, 5.74) is 1.47. The Hall–Kier alpha value is -3.16. The molecule has 0 aliphatic carbocycles. The summed E-state index contributed by atoms with van der Waals surface area (Å²) < 4.78 is 10.6. The lowest BCUT2D eigenvalue weighted by molar-refractivity contribution is -0.148. The lowest BCUT2D eigenvalue weighted by Gasteiger charge is -2.19. The van der Waals surface area contributed by atoms with Crippen molar-refractivity contribution in [3.8, 4) is 0 Å². The Bertz CT molecular complexity index is 1090. The molecule has 1 atom stereocenters. The summed E-state index contributed by atoms with van der Waals surface area (Å²) in [5.74, 6) is -0.935. The van der Waals surface area contributed by atoms with Crippen molar-refractivity contribution in [2.45, 2.75) is 59.1 Å². The minimum Gasteiger partial charge on any atom is -0.459 e. The highest BCUT2D eigenvalue weighted by atomic mass is 16.5. The fourth-order valence-electron chi connectivity index (χ4n) is 3.60. The van der Waals surface area contributed by atoms with Crippen LogP contribution in [0.25, 0.3) is 11.0 Å². The van der Waals surface area contributed by atoms with Crippen molar-refractivity contribution in [2.75, 3.05) is 6.54 Å². The number of ether oxygens (including phenoxy) is 1. The highest BCUT2D eigenvalue weighted by Crippen LogP contribution is 2.27. The van der Waals surface area contributed by atoms with Crippen molar-refractivity contribution in [2.24, 2.45) is 0 Å². The number of hydrogen-bond acceptors (Lipinski definition) is 6. The zero-order chi connectivity index (χ0) is 22.2. The first-order valence-corrected chi connectivity index (χ1v) is 9.92. The molecule has 2 aromatic rings. The van der Waals surface area contributed by atoms with E-state index in [0.29, 0.717) is 23.0 Å². The maximum atomic E-state index is 12.4. The van der Waals surface area contributed by atoms with Gasteiger partial charge < -0.3 is 14.5 Å². The van der Waals surface area contributed by atoms with E-state index in [0.717, 1.165) is 16.0 Å². The van der Waals surface area contributed by atoms with Crippen molar-refractivity contribution >= 4 is 28.9 Å². The molecule has 1 N–H and O–H groups in total. The molecule has 1 saturated heterocycles. The Balaban J connectivity index is 1.79. The maximum absolute atomic E-state index is 12.4. The maximum Gasteiger partial charge on any atom is 0.336 e. The molecule has 8 nitrogen and oxygen atoms in total. The first-order valence-electron chi connectivity index (χ1n) is 9.92. The predicted molar refractivity (Wildman–Crippen MR) is 110 cm³/mol. The lowest BCUT2D eigenvalue weighted by atomic mass is 9.95. The van der Waals surface area contributed by atoms with E-state index >= 15 is 0 Å². The zero-order valence-electron chi connectivity index (χ0n) is 17.8.